The Morgan fingerprint density at radius 3 is 2.26 bits per heavy atom. The largest absolute Gasteiger partial charge is 0.497 e. The summed E-state index contributed by atoms with van der Waals surface area (Å²) in [5, 5.41) is 0. The molecule has 2 rings (SSSR count). The summed E-state index contributed by atoms with van der Waals surface area (Å²) in [6.07, 6.45) is 0. The summed E-state index contributed by atoms with van der Waals surface area (Å²) < 4.78 is 41.3. The summed E-state index contributed by atoms with van der Waals surface area (Å²) in [5.74, 6) is 0.287. The predicted molar refractivity (Wildman–Crippen MR) is 103 cm³/mol. The van der Waals surface area contributed by atoms with Gasteiger partial charge in [0, 0.05) is 16.1 Å². The monoisotopic (exact) mass is 458 g/mol. The maximum atomic E-state index is 12.6. The summed E-state index contributed by atoms with van der Waals surface area (Å²) in [4.78, 5) is 14.3. The Kier molecular flexibility index (Phi) is 7.05. The standard InChI is InChI=1S/C17H19BrN2O6S/c1-4-26-15-6-5-12(18)9-16(15)27(22,23)20-19-17(21)11-7-13(24-2)10-14(8-11)25-3/h5-10,20H,4H2,1-3H3,(H,19,21). The van der Waals surface area contributed by atoms with E-state index in [1.54, 1.807) is 19.1 Å². The van der Waals surface area contributed by atoms with Crippen LogP contribution in [0.4, 0.5) is 0 Å². The molecule has 2 N–H and O–H groups in total. The van der Waals surface area contributed by atoms with E-state index in [4.69, 9.17) is 14.2 Å². The van der Waals surface area contributed by atoms with Crippen molar-refractivity contribution in [2.45, 2.75) is 11.8 Å². The molecule has 0 aliphatic heterocycles. The third-order valence-electron chi connectivity index (χ3n) is 3.41. The minimum atomic E-state index is -4.07. The van der Waals surface area contributed by atoms with Crippen molar-refractivity contribution in [3.05, 3.63) is 46.4 Å². The Labute approximate surface area is 166 Å². The number of ether oxygens (including phenoxy) is 3. The van der Waals surface area contributed by atoms with Gasteiger partial charge < -0.3 is 14.2 Å². The van der Waals surface area contributed by atoms with E-state index in [-0.39, 0.29) is 16.2 Å². The van der Waals surface area contributed by atoms with Crippen LogP contribution in [0.15, 0.2) is 45.8 Å². The molecule has 1 amide bonds. The van der Waals surface area contributed by atoms with Crippen LogP contribution in [0.25, 0.3) is 0 Å². The molecule has 0 bridgehead atoms. The number of hydrogen-bond donors (Lipinski definition) is 2. The van der Waals surface area contributed by atoms with E-state index < -0.39 is 15.9 Å². The lowest BCUT2D eigenvalue weighted by molar-refractivity contribution is 0.0944. The third kappa shape index (κ3) is 5.34. The van der Waals surface area contributed by atoms with Gasteiger partial charge in [-0.25, -0.2) is 8.42 Å². The highest BCUT2D eigenvalue weighted by Gasteiger charge is 2.21. The topological polar surface area (TPSA) is 103 Å². The maximum Gasteiger partial charge on any atom is 0.266 e. The Morgan fingerprint density at radius 1 is 1.07 bits per heavy atom. The van der Waals surface area contributed by atoms with Crippen LogP contribution in [0.5, 0.6) is 17.2 Å². The zero-order valence-corrected chi connectivity index (χ0v) is 17.3. The first-order chi connectivity index (χ1) is 12.8. The molecule has 0 fully saturated rings. The van der Waals surface area contributed by atoms with Gasteiger partial charge in [0.1, 0.15) is 22.1 Å². The molecule has 2 aromatic carbocycles. The lowest BCUT2D eigenvalue weighted by atomic mass is 10.2. The Bertz CT molecular complexity index is 911. The van der Waals surface area contributed by atoms with Crippen LogP contribution in [0.2, 0.25) is 0 Å². The first-order valence-electron chi connectivity index (χ1n) is 7.78. The first-order valence-corrected chi connectivity index (χ1v) is 10.1. The molecule has 2 aromatic rings. The Morgan fingerprint density at radius 2 is 1.70 bits per heavy atom. The number of rotatable bonds is 8. The molecular formula is C17H19BrN2O6S. The minimum absolute atomic E-state index is 0.109. The number of hydrogen-bond acceptors (Lipinski definition) is 6. The van der Waals surface area contributed by atoms with Crippen molar-refractivity contribution in [1.29, 1.82) is 0 Å². The lowest BCUT2D eigenvalue weighted by Crippen LogP contribution is -2.41. The molecule has 146 valence electrons. The van der Waals surface area contributed by atoms with Gasteiger partial charge in [-0.15, -0.1) is 4.83 Å². The summed E-state index contributed by atoms with van der Waals surface area (Å²) in [7, 11) is -1.18. The van der Waals surface area contributed by atoms with Gasteiger partial charge in [-0.3, -0.25) is 10.2 Å². The van der Waals surface area contributed by atoms with Crippen molar-refractivity contribution in [3.8, 4) is 17.2 Å². The van der Waals surface area contributed by atoms with Gasteiger partial charge >= 0.3 is 0 Å². The molecule has 0 aliphatic carbocycles. The number of carbonyl (C=O) groups is 1. The van der Waals surface area contributed by atoms with E-state index in [2.05, 4.69) is 26.2 Å². The van der Waals surface area contributed by atoms with Gasteiger partial charge in [0.2, 0.25) is 0 Å². The summed E-state index contributed by atoms with van der Waals surface area (Å²) >= 11 is 3.23. The van der Waals surface area contributed by atoms with E-state index >= 15 is 0 Å². The van der Waals surface area contributed by atoms with Crippen molar-refractivity contribution in [1.82, 2.24) is 10.3 Å². The predicted octanol–water partition coefficient (Wildman–Crippen LogP) is 2.49. The fourth-order valence-corrected chi connectivity index (χ4v) is 3.67. The molecule has 0 aromatic heterocycles. The van der Waals surface area contributed by atoms with Crippen LogP contribution in [-0.2, 0) is 10.0 Å². The summed E-state index contributed by atoms with van der Waals surface area (Å²) in [6.45, 7) is 2.03. The van der Waals surface area contributed by atoms with Crippen LogP contribution < -0.4 is 24.5 Å². The van der Waals surface area contributed by atoms with E-state index in [1.165, 1.54) is 38.5 Å². The lowest BCUT2D eigenvalue weighted by Gasteiger charge is -2.13. The minimum Gasteiger partial charge on any atom is -0.497 e. The van der Waals surface area contributed by atoms with Gasteiger partial charge in [0.15, 0.2) is 0 Å². The average molecular weight is 459 g/mol. The van der Waals surface area contributed by atoms with E-state index in [0.29, 0.717) is 22.6 Å². The Hall–Kier alpha value is -2.30. The number of carbonyl (C=O) groups excluding carboxylic acids is 1. The highest BCUT2D eigenvalue weighted by atomic mass is 79.9. The summed E-state index contributed by atoms with van der Waals surface area (Å²) in [5.41, 5.74) is 2.33. The molecule has 0 saturated heterocycles. The fourth-order valence-electron chi connectivity index (χ4n) is 2.15. The quantitative estimate of drug-likeness (QED) is 0.589. The van der Waals surface area contributed by atoms with Crippen LogP contribution in [0, 0.1) is 0 Å². The van der Waals surface area contributed by atoms with Crippen LogP contribution in [0.3, 0.4) is 0 Å². The van der Waals surface area contributed by atoms with Crippen LogP contribution in [0.1, 0.15) is 17.3 Å². The van der Waals surface area contributed by atoms with Crippen molar-refractivity contribution < 1.29 is 27.4 Å². The van der Waals surface area contributed by atoms with Gasteiger partial charge in [0.05, 0.1) is 20.8 Å². The zero-order chi connectivity index (χ0) is 20.0. The number of sulfonamides is 1. The fraction of sp³-hybridized carbons (Fsp3) is 0.235. The number of hydrazine groups is 1. The van der Waals surface area contributed by atoms with Crippen LogP contribution in [-0.4, -0.2) is 35.2 Å². The van der Waals surface area contributed by atoms with Crippen molar-refractivity contribution in [3.63, 3.8) is 0 Å². The van der Waals surface area contributed by atoms with Crippen molar-refractivity contribution in [2.75, 3.05) is 20.8 Å². The molecule has 0 unspecified atom stereocenters. The SMILES string of the molecule is CCOc1ccc(Br)cc1S(=O)(=O)NNC(=O)c1cc(OC)cc(OC)c1. The van der Waals surface area contributed by atoms with Crippen molar-refractivity contribution in [2.24, 2.45) is 0 Å². The number of benzene rings is 2. The molecule has 0 heterocycles. The van der Waals surface area contributed by atoms with Crippen molar-refractivity contribution >= 4 is 31.9 Å². The van der Waals surface area contributed by atoms with E-state index in [9.17, 15) is 13.2 Å². The molecule has 0 spiro atoms. The molecule has 27 heavy (non-hydrogen) atoms. The number of amides is 1. The summed E-state index contributed by atoms with van der Waals surface area (Å²) in [6, 6.07) is 9.07. The van der Waals surface area contributed by atoms with Gasteiger partial charge in [-0.05, 0) is 37.3 Å². The number of halogens is 1. The molecule has 0 aliphatic rings. The zero-order valence-electron chi connectivity index (χ0n) is 14.9. The molecule has 0 saturated carbocycles. The second-order valence-electron chi connectivity index (χ2n) is 5.19. The molecule has 8 nitrogen and oxygen atoms in total. The second-order valence-corrected chi connectivity index (χ2v) is 7.75. The molecule has 0 radical (unpaired) electrons. The van der Waals surface area contributed by atoms with Gasteiger partial charge in [-0.1, -0.05) is 15.9 Å². The number of methoxy groups -OCH3 is 2. The van der Waals surface area contributed by atoms with Gasteiger partial charge in [0.25, 0.3) is 15.9 Å². The van der Waals surface area contributed by atoms with E-state index in [0.717, 1.165) is 0 Å². The van der Waals surface area contributed by atoms with E-state index in [1.807, 2.05) is 0 Å². The van der Waals surface area contributed by atoms with Gasteiger partial charge in [-0.2, -0.15) is 0 Å². The molecule has 10 heteroatoms. The second kappa shape index (κ2) is 9.07. The smallest absolute Gasteiger partial charge is 0.266 e. The molecular weight excluding hydrogens is 440 g/mol. The Balaban J connectivity index is 2.23. The highest BCUT2D eigenvalue weighted by molar-refractivity contribution is 9.10. The maximum absolute atomic E-state index is 12.6. The third-order valence-corrected chi connectivity index (χ3v) is 5.17. The molecule has 0 atom stereocenters. The van der Waals surface area contributed by atoms with Crippen LogP contribution >= 0.6 is 15.9 Å². The normalized spacial score (nSPS) is 11.0. The number of nitrogens with one attached hydrogen (secondary N) is 2. The average Bonchev–Trinajstić information content (AvgIpc) is 2.67. The highest BCUT2D eigenvalue weighted by Crippen LogP contribution is 2.27. The first kappa shape index (κ1) is 21.0.